The van der Waals surface area contributed by atoms with Gasteiger partial charge in [0.15, 0.2) is 5.96 Å². The Morgan fingerprint density at radius 1 is 1.52 bits per heavy atom. The molecule has 6 nitrogen and oxygen atoms in total. The van der Waals surface area contributed by atoms with Crippen LogP contribution < -0.4 is 10.2 Å². The topological polar surface area (TPSA) is 60.8 Å². The van der Waals surface area contributed by atoms with Crippen LogP contribution in [0.25, 0.3) is 0 Å². The number of amides is 1. The van der Waals surface area contributed by atoms with Crippen molar-refractivity contribution < 1.29 is 4.79 Å². The first-order chi connectivity index (χ1) is 10.1. The monoisotopic (exact) mass is 309 g/mol. The molecule has 0 radical (unpaired) electrons. The minimum absolute atomic E-state index is 0.151. The molecular weight excluding hydrogens is 290 g/mol. The number of carbonyl (C=O) groups is 1. The number of halogens is 1. The van der Waals surface area contributed by atoms with Gasteiger partial charge in [-0.15, -0.1) is 11.6 Å². The molecule has 114 valence electrons. The van der Waals surface area contributed by atoms with Crippen molar-refractivity contribution >= 4 is 34.8 Å². The number of rotatable bonds is 4. The fourth-order valence-corrected chi connectivity index (χ4v) is 2.22. The normalized spacial score (nSPS) is 15.5. The molecule has 21 heavy (non-hydrogen) atoms. The molecule has 1 N–H and O–H groups in total. The fraction of sp³-hybridized carbons (Fsp3) is 0.500. The van der Waals surface area contributed by atoms with Crippen molar-refractivity contribution in [2.45, 2.75) is 12.8 Å². The Bertz CT molecular complexity index is 532. The highest BCUT2D eigenvalue weighted by Crippen LogP contribution is 2.23. The maximum Gasteiger partial charge on any atom is 0.227 e. The maximum absolute atomic E-state index is 11.8. The van der Waals surface area contributed by atoms with E-state index in [1.54, 1.807) is 17.3 Å². The summed E-state index contributed by atoms with van der Waals surface area (Å²) in [5.74, 6) is 1.33. The van der Waals surface area contributed by atoms with Crippen LogP contribution in [-0.4, -0.2) is 54.8 Å². The van der Waals surface area contributed by atoms with Gasteiger partial charge in [-0.2, -0.15) is 0 Å². The molecule has 1 aromatic heterocycles. The second-order valence-electron chi connectivity index (χ2n) is 4.99. The molecule has 0 spiro atoms. The number of hydrogen-bond acceptors (Lipinski definition) is 3. The Balaban J connectivity index is 2.15. The summed E-state index contributed by atoms with van der Waals surface area (Å²) in [6.45, 7) is 1.30. The van der Waals surface area contributed by atoms with E-state index in [0.717, 1.165) is 24.3 Å². The standard InChI is InChI=1S/C14H20ClN5O/c1-19(2)14(17-6-5-15)18-11-8-12(10-16-9-11)20-7-3-4-13(20)21/h8-10H,3-7H2,1-2H3,(H,17,18). The van der Waals surface area contributed by atoms with Crippen LogP contribution in [0.4, 0.5) is 11.4 Å². The third-order valence-electron chi connectivity index (χ3n) is 3.13. The Morgan fingerprint density at radius 3 is 2.95 bits per heavy atom. The number of hydrogen-bond donors (Lipinski definition) is 1. The van der Waals surface area contributed by atoms with Gasteiger partial charge in [0.2, 0.25) is 5.91 Å². The highest BCUT2D eigenvalue weighted by molar-refractivity contribution is 6.18. The van der Waals surface area contributed by atoms with E-state index in [2.05, 4.69) is 15.3 Å². The van der Waals surface area contributed by atoms with Gasteiger partial charge in [0.1, 0.15) is 0 Å². The molecule has 1 saturated heterocycles. The van der Waals surface area contributed by atoms with Crippen molar-refractivity contribution in [1.82, 2.24) is 9.88 Å². The average molecular weight is 310 g/mol. The van der Waals surface area contributed by atoms with Crippen molar-refractivity contribution in [3.63, 3.8) is 0 Å². The van der Waals surface area contributed by atoms with Gasteiger partial charge in [-0.25, -0.2) is 0 Å². The SMILES string of the molecule is CN(C)C(=NCCCl)Nc1cncc(N2CCCC2=O)c1. The zero-order valence-electron chi connectivity index (χ0n) is 12.3. The average Bonchev–Trinajstić information content (AvgIpc) is 2.89. The van der Waals surface area contributed by atoms with Gasteiger partial charge in [0.25, 0.3) is 0 Å². The summed E-state index contributed by atoms with van der Waals surface area (Å²) < 4.78 is 0. The largest absolute Gasteiger partial charge is 0.349 e. The minimum atomic E-state index is 0.151. The van der Waals surface area contributed by atoms with Crippen LogP contribution >= 0.6 is 11.6 Å². The first-order valence-electron chi connectivity index (χ1n) is 6.92. The zero-order chi connectivity index (χ0) is 15.2. The first kappa shape index (κ1) is 15.6. The smallest absolute Gasteiger partial charge is 0.227 e. The highest BCUT2D eigenvalue weighted by atomic mass is 35.5. The maximum atomic E-state index is 11.8. The van der Waals surface area contributed by atoms with Gasteiger partial charge in [-0.05, 0) is 12.5 Å². The van der Waals surface area contributed by atoms with Crippen LogP contribution in [0.1, 0.15) is 12.8 Å². The predicted octanol–water partition coefficient (Wildman–Crippen LogP) is 1.78. The van der Waals surface area contributed by atoms with E-state index < -0.39 is 0 Å². The van der Waals surface area contributed by atoms with Gasteiger partial charge < -0.3 is 15.1 Å². The lowest BCUT2D eigenvalue weighted by Crippen LogP contribution is -2.30. The van der Waals surface area contributed by atoms with Crippen LogP contribution in [0, 0.1) is 0 Å². The van der Waals surface area contributed by atoms with Crippen LogP contribution in [0.3, 0.4) is 0 Å². The van der Waals surface area contributed by atoms with Gasteiger partial charge in [-0.3, -0.25) is 14.8 Å². The van der Waals surface area contributed by atoms with Crippen LogP contribution in [-0.2, 0) is 4.79 Å². The van der Waals surface area contributed by atoms with E-state index in [1.165, 1.54) is 0 Å². The van der Waals surface area contributed by atoms with Crippen molar-refractivity contribution in [3.05, 3.63) is 18.5 Å². The first-order valence-corrected chi connectivity index (χ1v) is 7.45. The fourth-order valence-electron chi connectivity index (χ4n) is 2.13. The molecular formula is C14H20ClN5O. The van der Waals surface area contributed by atoms with Gasteiger partial charge in [0.05, 0.1) is 30.3 Å². The number of aromatic nitrogens is 1. The molecule has 2 heterocycles. The molecule has 0 bridgehead atoms. The second-order valence-corrected chi connectivity index (χ2v) is 5.37. The lowest BCUT2D eigenvalue weighted by molar-refractivity contribution is -0.117. The molecule has 0 unspecified atom stereocenters. The number of alkyl halides is 1. The van der Waals surface area contributed by atoms with Crippen molar-refractivity contribution in [2.75, 3.05) is 43.3 Å². The van der Waals surface area contributed by atoms with E-state index in [4.69, 9.17) is 11.6 Å². The summed E-state index contributed by atoms with van der Waals surface area (Å²) in [5, 5.41) is 3.21. The van der Waals surface area contributed by atoms with E-state index in [-0.39, 0.29) is 5.91 Å². The molecule has 0 aromatic carbocycles. The summed E-state index contributed by atoms with van der Waals surface area (Å²) in [4.78, 5) is 24.0. The zero-order valence-corrected chi connectivity index (χ0v) is 13.1. The summed E-state index contributed by atoms with van der Waals surface area (Å²) in [5.41, 5.74) is 1.62. The van der Waals surface area contributed by atoms with Crippen molar-refractivity contribution in [2.24, 2.45) is 4.99 Å². The van der Waals surface area contributed by atoms with Gasteiger partial charge >= 0.3 is 0 Å². The number of carbonyl (C=O) groups excluding carboxylic acids is 1. The van der Waals surface area contributed by atoms with Crippen LogP contribution in [0.2, 0.25) is 0 Å². The molecule has 7 heteroatoms. The highest BCUT2D eigenvalue weighted by Gasteiger charge is 2.22. The van der Waals surface area contributed by atoms with Crippen molar-refractivity contribution in [1.29, 1.82) is 0 Å². The lowest BCUT2D eigenvalue weighted by atomic mass is 10.3. The summed E-state index contributed by atoms with van der Waals surface area (Å²) in [7, 11) is 3.81. The van der Waals surface area contributed by atoms with Gasteiger partial charge in [-0.1, -0.05) is 0 Å². The molecule has 1 aliphatic rings. The molecule has 1 fully saturated rings. The summed E-state index contributed by atoms with van der Waals surface area (Å²) >= 11 is 5.67. The van der Waals surface area contributed by atoms with Gasteiger partial charge in [0, 0.05) is 32.9 Å². The number of guanidine groups is 1. The number of anilines is 2. The number of aliphatic imine (C=N–C) groups is 1. The van der Waals surface area contributed by atoms with E-state index >= 15 is 0 Å². The number of nitrogens with one attached hydrogen (secondary N) is 1. The van der Waals surface area contributed by atoms with Crippen LogP contribution in [0.5, 0.6) is 0 Å². The summed E-state index contributed by atoms with van der Waals surface area (Å²) in [6, 6.07) is 1.91. The third-order valence-corrected chi connectivity index (χ3v) is 3.30. The number of pyridine rings is 1. The van der Waals surface area contributed by atoms with E-state index in [0.29, 0.717) is 24.8 Å². The molecule has 0 saturated carbocycles. The quantitative estimate of drug-likeness (QED) is 0.523. The van der Waals surface area contributed by atoms with E-state index in [1.807, 2.05) is 25.1 Å². The Labute approximate surface area is 129 Å². The minimum Gasteiger partial charge on any atom is -0.349 e. The van der Waals surface area contributed by atoms with Crippen molar-refractivity contribution in [3.8, 4) is 0 Å². The predicted molar refractivity (Wildman–Crippen MR) is 86.2 cm³/mol. The number of nitrogens with zero attached hydrogens (tertiary/aromatic N) is 4. The molecule has 1 aliphatic heterocycles. The Kier molecular flexibility index (Phi) is 5.38. The van der Waals surface area contributed by atoms with E-state index in [9.17, 15) is 4.79 Å². The van der Waals surface area contributed by atoms with Crippen LogP contribution in [0.15, 0.2) is 23.5 Å². The molecule has 0 atom stereocenters. The Morgan fingerprint density at radius 2 is 2.33 bits per heavy atom. The molecule has 2 rings (SSSR count). The summed E-state index contributed by atoms with van der Waals surface area (Å²) in [6.07, 6.45) is 4.93. The second kappa shape index (κ2) is 7.26. The Hall–Kier alpha value is -1.82. The molecule has 1 amide bonds. The third kappa shape index (κ3) is 4.07. The molecule has 0 aliphatic carbocycles. The molecule has 1 aromatic rings. The lowest BCUT2D eigenvalue weighted by Gasteiger charge is -2.19.